The van der Waals surface area contributed by atoms with Gasteiger partial charge >= 0.3 is 0 Å². The molecule has 0 heterocycles. The zero-order chi connectivity index (χ0) is 12.3. The number of hydrogen-bond donors (Lipinski definition) is 4. The number of nitrogens with one attached hydrogen (secondary N) is 1. The molecule has 17 heavy (non-hydrogen) atoms. The molecule has 0 bridgehead atoms. The van der Waals surface area contributed by atoms with Gasteiger partial charge in [-0.1, -0.05) is 24.3 Å². The predicted molar refractivity (Wildman–Crippen MR) is 68.0 cm³/mol. The lowest BCUT2D eigenvalue weighted by molar-refractivity contribution is 0.400. The molecule has 2 aromatic carbocycles. The van der Waals surface area contributed by atoms with Crippen molar-refractivity contribution in [3.05, 3.63) is 48.0 Å². The maximum Gasteiger partial charge on any atom is 0.162 e. The van der Waals surface area contributed by atoms with Crippen LogP contribution in [0.2, 0.25) is 0 Å². The van der Waals surface area contributed by atoms with E-state index >= 15 is 0 Å². The van der Waals surface area contributed by atoms with Gasteiger partial charge in [0.25, 0.3) is 0 Å². The summed E-state index contributed by atoms with van der Waals surface area (Å²) in [6, 6.07) is 12.2. The fraction of sp³-hybridized carbons (Fsp3) is 0.0769. The highest BCUT2D eigenvalue weighted by molar-refractivity contribution is 5.65. The maximum atomic E-state index is 9.62. The van der Waals surface area contributed by atoms with E-state index in [0.717, 1.165) is 5.69 Å². The molecule has 2 rings (SSSR count). The minimum Gasteiger partial charge on any atom is -0.504 e. The number of phenols is 2. The topological polar surface area (TPSA) is 78.5 Å². The van der Waals surface area contributed by atoms with Gasteiger partial charge < -0.3 is 21.3 Å². The van der Waals surface area contributed by atoms with Crippen LogP contribution < -0.4 is 11.1 Å². The van der Waals surface area contributed by atoms with E-state index in [1.807, 2.05) is 18.2 Å². The molecule has 0 aromatic heterocycles. The SMILES string of the molecule is Nc1ccccc1NCc1cccc(O)c1O. The van der Waals surface area contributed by atoms with Crippen LogP contribution in [-0.2, 0) is 6.54 Å². The number of nitrogen functional groups attached to an aromatic ring is 1. The van der Waals surface area contributed by atoms with Crippen LogP contribution in [-0.4, -0.2) is 10.2 Å². The van der Waals surface area contributed by atoms with Gasteiger partial charge in [0.15, 0.2) is 11.5 Å². The van der Waals surface area contributed by atoms with Crippen LogP contribution in [0.5, 0.6) is 11.5 Å². The molecule has 4 heteroatoms. The second kappa shape index (κ2) is 4.65. The highest BCUT2D eigenvalue weighted by Gasteiger charge is 2.05. The molecular weight excluding hydrogens is 216 g/mol. The predicted octanol–water partition coefficient (Wildman–Crippen LogP) is 2.29. The van der Waals surface area contributed by atoms with Gasteiger partial charge in [0.2, 0.25) is 0 Å². The molecular formula is C13H14N2O2. The summed E-state index contributed by atoms with van der Waals surface area (Å²) in [6.45, 7) is 0.397. The molecule has 4 nitrogen and oxygen atoms in total. The number of aromatic hydroxyl groups is 2. The molecule has 0 fully saturated rings. The lowest BCUT2D eigenvalue weighted by Crippen LogP contribution is -2.02. The molecule has 0 aliphatic carbocycles. The first-order chi connectivity index (χ1) is 8.18. The first-order valence-electron chi connectivity index (χ1n) is 5.26. The molecule has 2 aromatic rings. The third kappa shape index (κ3) is 2.42. The third-order valence-corrected chi connectivity index (χ3v) is 2.53. The van der Waals surface area contributed by atoms with Gasteiger partial charge in [-0.05, 0) is 18.2 Å². The fourth-order valence-corrected chi connectivity index (χ4v) is 1.57. The Morgan fingerprint density at radius 2 is 1.76 bits per heavy atom. The van der Waals surface area contributed by atoms with E-state index in [2.05, 4.69) is 5.32 Å². The summed E-state index contributed by atoms with van der Waals surface area (Å²) >= 11 is 0. The van der Waals surface area contributed by atoms with Crippen LogP contribution in [0.15, 0.2) is 42.5 Å². The standard InChI is InChI=1S/C13H14N2O2/c14-10-5-1-2-6-11(10)15-8-9-4-3-7-12(16)13(9)17/h1-7,15-17H,8,14H2. The van der Waals surface area contributed by atoms with E-state index in [1.165, 1.54) is 6.07 Å². The third-order valence-electron chi connectivity index (χ3n) is 2.53. The van der Waals surface area contributed by atoms with Crippen molar-refractivity contribution in [1.29, 1.82) is 0 Å². The molecule has 0 aliphatic heterocycles. The second-order valence-corrected chi connectivity index (χ2v) is 3.73. The zero-order valence-electron chi connectivity index (χ0n) is 9.22. The Balaban J connectivity index is 2.13. The molecule has 0 amide bonds. The van der Waals surface area contributed by atoms with Gasteiger partial charge in [0.05, 0.1) is 11.4 Å². The Kier molecular flexibility index (Phi) is 3.05. The van der Waals surface area contributed by atoms with Gasteiger partial charge in [-0.25, -0.2) is 0 Å². The monoisotopic (exact) mass is 230 g/mol. The van der Waals surface area contributed by atoms with Crippen molar-refractivity contribution in [3.63, 3.8) is 0 Å². The van der Waals surface area contributed by atoms with Crippen molar-refractivity contribution in [1.82, 2.24) is 0 Å². The summed E-state index contributed by atoms with van der Waals surface area (Å²) in [7, 11) is 0. The zero-order valence-corrected chi connectivity index (χ0v) is 9.22. The van der Waals surface area contributed by atoms with Crippen molar-refractivity contribution in [2.45, 2.75) is 6.54 Å². The Morgan fingerprint density at radius 3 is 2.53 bits per heavy atom. The van der Waals surface area contributed by atoms with E-state index in [4.69, 9.17) is 5.73 Å². The van der Waals surface area contributed by atoms with Crippen molar-refractivity contribution in [2.24, 2.45) is 0 Å². The van der Waals surface area contributed by atoms with E-state index in [-0.39, 0.29) is 11.5 Å². The van der Waals surface area contributed by atoms with Gasteiger partial charge in [-0.2, -0.15) is 0 Å². The maximum absolute atomic E-state index is 9.62. The number of rotatable bonds is 3. The molecule has 0 spiro atoms. The van der Waals surface area contributed by atoms with Crippen LogP contribution in [0.4, 0.5) is 11.4 Å². The Labute approximate surface area is 99.3 Å². The number of anilines is 2. The first kappa shape index (κ1) is 11.1. The van der Waals surface area contributed by atoms with Gasteiger partial charge in [-0.15, -0.1) is 0 Å². The van der Waals surface area contributed by atoms with Crippen LogP contribution >= 0.6 is 0 Å². The van der Waals surface area contributed by atoms with E-state index in [9.17, 15) is 10.2 Å². The highest BCUT2D eigenvalue weighted by Crippen LogP contribution is 2.29. The number of para-hydroxylation sites is 3. The molecule has 5 N–H and O–H groups in total. The molecule has 0 aliphatic rings. The molecule has 0 unspecified atom stereocenters. The lowest BCUT2D eigenvalue weighted by atomic mass is 10.1. The number of nitrogens with two attached hydrogens (primary N) is 1. The minimum atomic E-state index is -0.120. The minimum absolute atomic E-state index is 0.102. The quantitative estimate of drug-likeness (QED) is 0.482. The molecule has 0 saturated heterocycles. The van der Waals surface area contributed by atoms with Gasteiger partial charge in [0, 0.05) is 12.1 Å². The largest absolute Gasteiger partial charge is 0.504 e. The Morgan fingerprint density at radius 1 is 1.00 bits per heavy atom. The Hall–Kier alpha value is -2.36. The summed E-state index contributed by atoms with van der Waals surface area (Å²) in [5.41, 5.74) is 7.84. The Bertz CT molecular complexity index is 527. The number of phenolic OH excluding ortho intramolecular Hbond substituents is 2. The number of benzene rings is 2. The molecule has 0 atom stereocenters. The molecule has 0 radical (unpaired) electrons. The van der Waals surface area contributed by atoms with Crippen LogP contribution in [0, 0.1) is 0 Å². The lowest BCUT2D eigenvalue weighted by Gasteiger charge is -2.10. The summed E-state index contributed by atoms with van der Waals surface area (Å²) in [4.78, 5) is 0. The smallest absolute Gasteiger partial charge is 0.162 e. The fourth-order valence-electron chi connectivity index (χ4n) is 1.57. The van der Waals surface area contributed by atoms with E-state index in [0.29, 0.717) is 17.8 Å². The van der Waals surface area contributed by atoms with Crippen molar-refractivity contribution in [3.8, 4) is 11.5 Å². The van der Waals surface area contributed by atoms with Crippen LogP contribution in [0.25, 0.3) is 0 Å². The molecule has 0 saturated carbocycles. The van der Waals surface area contributed by atoms with Crippen molar-refractivity contribution < 1.29 is 10.2 Å². The average molecular weight is 230 g/mol. The second-order valence-electron chi connectivity index (χ2n) is 3.73. The van der Waals surface area contributed by atoms with Gasteiger partial charge in [-0.3, -0.25) is 0 Å². The molecule has 88 valence electrons. The van der Waals surface area contributed by atoms with Crippen LogP contribution in [0.3, 0.4) is 0 Å². The van der Waals surface area contributed by atoms with Crippen LogP contribution in [0.1, 0.15) is 5.56 Å². The summed E-state index contributed by atoms with van der Waals surface area (Å²) in [5, 5.41) is 22.1. The highest BCUT2D eigenvalue weighted by atomic mass is 16.3. The van der Waals surface area contributed by atoms with Crippen molar-refractivity contribution >= 4 is 11.4 Å². The van der Waals surface area contributed by atoms with Gasteiger partial charge in [0.1, 0.15) is 0 Å². The summed E-state index contributed by atoms with van der Waals surface area (Å²) in [6.07, 6.45) is 0. The van der Waals surface area contributed by atoms with E-state index in [1.54, 1.807) is 18.2 Å². The average Bonchev–Trinajstić information content (AvgIpc) is 2.33. The summed E-state index contributed by atoms with van der Waals surface area (Å²) in [5.74, 6) is -0.222. The number of hydrogen-bond acceptors (Lipinski definition) is 4. The first-order valence-corrected chi connectivity index (χ1v) is 5.26. The van der Waals surface area contributed by atoms with Crippen molar-refractivity contribution in [2.75, 3.05) is 11.1 Å². The van der Waals surface area contributed by atoms with E-state index < -0.39 is 0 Å². The summed E-state index contributed by atoms with van der Waals surface area (Å²) < 4.78 is 0. The normalized spacial score (nSPS) is 10.1.